The summed E-state index contributed by atoms with van der Waals surface area (Å²) in [6.07, 6.45) is 0. The van der Waals surface area contributed by atoms with Crippen LogP contribution in [0.15, 0.2) is 74.1 Å². The lowest BCUT2D eigenvalue weighted by Gasteiger charge is -2.05. The van der Waals surface area contributed by atoms with E-state index in [-0.39, 0.29) is 4.73 Å². The number of hydrogen-bond acceptors (Lipinski definition) is 4. The summed E-state index contributed by atoms with van der Waals surface area (Å²) >= 11 is 1.25. The summed E-state index contributed by atoms with van der Waals surface area (Å²) in [6.45, 7) is 2.05. The van der Waals surface area contributed by atoms with Crippen molar-refractivity contribution < 1.29 is 5.21 Å². The molecule has 6 heteroatoms. The fourth-order valence-corrected chi connectivity index (χ4v) is 2.94. The van der Waals surface area contributed by atoms with Crippen molar-refractivity contribution in [1.29, 1.82) is 0 Å². The zero-order valence-electron chi connectivity index (χ0n) is 12.3. The number of benzene rings is 2. The van der Waals surface area contributed by atoms with Gasteiger partial charge in [-0.25, -0.2) is 4.79 Å². The van der Waals surface area contributed by atoms with Gasteiger partial charge in [0.2, 0.25) is 0 Å². The second kappa shape index (κ2) is 6.18. The number of rotatable bonds is 3. The van der Waals surface area contributed by atoms with E-state index in [4.69, 9.17) is 5.21 Å². The summed E-state index contributed by atoms with van der Waals surface area (Å²) < 4.78 is 0.0462. The van der Waals surface area contributed by atoms with Crippen molar-refractivity contribution in [2.75, 3.05) is 0 Å². The third-order valence-corrected chi connectivity index (χ3v) is 4.30. The number of nitrogens with one attached hydrogen (secondary N) is 1. The van der Waals surface area contributed by atoms with Crippen molar-refractivity contribution >= 4 is 11.8 Å². The second-order valence-electron chi connectivity index (χ2n) is 5.08. The lowest BCUT2D eigenvalue weighted by atomic mass is 10.0. The van der Waals surface area contributed by atoms with E-state index in [0.29, 0.717) is 5.03 Å². The molecule has 0 radical (unpaired) electrons. The lowest BCUT2D eigenvalue weighted by Crippen LogP contribution is -2.32. The van der Waals surface area contributed by atoms with Gasteiger partial charge in [0.25, 0.3) is 5.56 Å². The Morgan fingerprint density at radius 3 is 2.09 bits per heavy atom. The molecule has 0 bridgehead atoms. The van der Waals surface area contributed by atoms with Crippen LogP contribution in [0, 0.1) is 6.92 Å². The Hall–Kier alpha value is -2.73. The van der Waals surface area contributed by atoms with Crippen LogP contribution in [0.25, 0.3) is 11.1 Å². The summed E-state index contributed by atoms with van der Waals surface area (Å²) in [5.41, 5.74) is 1.82. The zero-order valence-corrected chi connectivity index (χ0v) is 13.1. The summed E-state index contributed by atoms with van der Waals surface area (Å²) in [5.74, 6) is 0. The van der Waals surface area contributed by atoms with E-state index in [1.165, 1.54) is 23.4 Å². The predicted octanol–water partition coefficient (Wildman–Crippen LogP) is 2.90. The molecule has 0 spiro atoms. The molecule has 0 aliphatic rings. The summed E-state index contributed by atoms with van der Waals surface area (Å²) in [4.78, 5) is 26.1. The minimum atomic E-state index is -0.851. The van der Waals surface area contributed by atoms with Crippen molar-refractivity contribution in [3.05, 3.63) is 81.0 Å². The molecular weight excluding hydrogens is 312 g/mol. The first-order valence-corrected chi connectivity index (χ1v) is 7.75. The van der Waals surface area contributed by atoms with E-state index in [1.807, 2.05) is 31.2 Å². The Kier molecular flexibility index (Phi) is 4.08. The summed E-state index contributed by atoms with van der Waals surface area (Å²) in [5, 5.41) is 9.51. The van der Waals surface area contributed by atoms with Crippen molar-refractivity contribution in [1.82, 2.24) is 9.71 Å². The van der Waals surface area contributed by atoms with E-state index >= 15 is 0 Å². The fourth-order valence-electron chi connectivity index (χ4n) is 2.11. The topological polar surface area (TPSA) is 75.1 Å². The maximum absolute atomic E-state index is 11.4. The van der Waals surface area contributed by atoms with Gasteiger partial charge in [0, 0.05) is 11.0 Å². The van der Waals surface area contributed by atoms with Gasteiger partial charge in [0.05, 0.1) is 5.03 Å². The lowest BCUT2D eigenvalue weighted by molar-refractivity contribution is 0.159. The Bertz CT molecular complexity index is 910. The number of hydrogen-bond donors (Lipinski definition) is 2. The Labute approximate surface area is 136 Å². The van der Waals surface area contributed by atoms with Gasteiger partial charge in [-0.3, -0.25) is 9.78 Å². The molecule has 5 nitrogen and oxygen atoms in total. The minimum Gasteiger partial charge on any atom is -0.421 e. The molecule has 0 amide bonds. The first-order chi connectivity index (χ1) is 11.0. The van der Waals surface area contributed by atoms with Crippen LogP contribution in [-0.4, -0.2) is 14.9 Å². The van der Waals surface area contributed by atoms with Crippen molar-refractivity contribution in [2.45, 2.75) is 16.8 Å². The Morgan fingerprint density at radius 1 is 0.957 bits per heavy atom. The molecule has 0 unspecified atom stereocenters. The molecule has 0 saturated heterocycles. The Morgan fingerprint density at radius 2 is 1.52 bits per heavy atom. The maximum atomic E-state index is 11.4. The van der Waals surface area contributed by atoms with Crippen LogP contribution < -0.4 is 11.2 Å². The van der Waals surface area contributed by atoms with Crippen LogP contribution in [0.1, 0.15) is 5.56 Å². The van der Waals surface area contributed by atoms with Crippen LogP contribution >= 0.6 is 11.8 Å². The summed E-state index contributed by atoms with van der Waals surface area (Å²) in [6, 6.07) is 17.2. The van der Waals surface area contributed by atoms with Crippen LogP contribution in [0.3, 0.4) is 0 Å². The van der Waals surface area contributed by atoms with Crippen LogP contribution in [-0.2, 0) is 0 Å². The molecule has 0 aliphatic heterocycles. The molecule has 0 saturated carbocycles. The largest absolute Gasteiger partial charge is 0.421 e. The molecular formula is C17H14N2O3S. The molecule has 2 aromatic carbocycles. The number of nitrogens with zero attached hydrogens (tertiary/aromatic N) is 1. The van der Waals surface area contributed by atoms with Gasteiger partial charge in [-0.05, 0) is 30.2 Å². The SMILES string of the molecule is Cc1ccc(-c2ccc(Sc3cc(=O)n(O)c(=O)[nH]3)cc2)cc1. The van der Waals surface area contributed by atoms with Crippen molar-refractivity contribution in [3.8, 4) is 11.1 Å². The first kappa shape index (κ1) is 15.2. The third kappa shape index (κ3) is 3.37. The smallest absolute Gasteiger partial charge is 0.362 e. The minimum absolute atomic E-state index is 0.0462. The summed E-state index contributed by atoms with van der Waals surface area (Å²) in [7, 11) is 0. The molecule has 23 heavy (non-hydrogen) atoms. The number of H-pyrrole nitrogens is 1. The van der Waals surface area contributed by atoms with Crippen LogP contribution in [0.2, 0.25) is 0 Å². The van der Waals surface area contributed by atoms with Gasteiger partial charge in [0.1, 0.15) is 0 Å². The fraction of sp³-hybridized carbons (Fsp3) is 0.0588. The van der Waals surface area contributed by atoms with E-state index in [2.05, 4.69) is 29.2 Å². The number of aromatic nitrogens is 2. The molecule has 0 fully saturated rings. The first-order valence-electron chi connectivity index (χ1n) is 6.93. The highest BCUT2D eigenvalue weighted by atomic mass is 32.2. The maximum Gasteiger partial charge on any atom is 0.362 e. The Balaban J connectivity index is 1.84. The molecule has 116 valence electrons. The van der Waals surface area contributed by atoms with Gasteiger partial charge in [0.15, 0.2) is 0 Å². The van der Waals surface area contributed by atoms with Crippen molar-refractivity contribution in [3.63, 3.8) is 0 Å². The molecule has 0 aliphatic carbocycles. The normalized spacial score (nSPS) is 10.7. The molecule has 1 heterocycles. The van der Waals surface area contributed by atoms with E-state index < -0.39 is 11.2 Å². The van der Waals surface area contributed by atoms with Gasteiger partial charge in [-0.1, -0.05) is 58.5 Å². The van der Waals surface area contributed by atoms with Crippen LogP contribution in [0.4, 0.5) is 0 Å². The predicted molar refractivity (Wildman–Crippen MR) is 89.2 cm³/mol. The highest BCUT2D eigenvalue weighted by molar-refractivity contribution is 7.99. The average molecular weight is 326 g/mol. The molecule has 1 aromatic heterocycles. The number of aryl methyl sites for hydroxylation is 1. The van der Waals surface area contributed by atoms with E-state index in [9.17, 15) is 9.59 Å². The molecule has 3 rings (SSSR count). The van der Waals surface area contributed by atoms with Gasteiger partial charge >= 0.3 is 5.69 Å². The standard InChI is InChI=1S/C17H14N2O3S/c1-11-2-4-12(5-3-11)13-6-8-14(9-7-13)23-15-10-16(20)19(22)17(21)18-15/h2-10,22H,1H3,(H,18,21). The van der Waals surface area contributed by atoms with Crippen LogP contribution in [0.5, 0.6) is 0 Å². The van der Waals surface area contributed by atoms with Gasteiger partial charge in [-0.15, -0.1) is 0 Å². The molecule has 0 atom stereocenters. The third-order valence-electron chi connectivity index (χ3n) is 3.35. The molecule has 2 N–H and O–H groups in total. The quantitative estimate of drug-likeness (QED) is 0.573. The van der Waals surface area contributed by atoms with Gasteiger partial charge < -0.3 is 5.21 Å². The average Bonchev–Trinajstić information content (AvgIpc) is 2.54. The zero-order chi connectivity index (χ0) is 16.4. The second-order valence-corrected chi connectivity index (χ2v) is 6.20. The van der Waals surface area contributed by atoms with Gasteiger partial charge in [-0.2, -0.15) is 0 Å². The highest BCUT2D eigenvalue weighted by Gasteiger charge is 2.05. The molecule has 3 aromatic rings. The van der Waals surface area contributed by atoms with Crippen molar-refractivity contribution in [2.24, 2.45) is 0 Å². The monoisotopic (exact) mass is 326 g/mol. The number of aromatic amines is 1. The highest BCUT2D eigenvalue weighted by Crippen LogP contribution is 2.27. The van der Waals surface area contributed by atoms with E-state index in [0.717, 1.165) is 16.0 Å². The van der Waals surface area contributed by atoms with E-state index in [1.54, 1.807) is 0 Å².